The minimum absolute atomic E-state index is 0.509. The van der Waals surface area contributed by atoms with E-state index in [0.717, 1.165) is 44.9 Å². The van der Waals surface area contributed by atoms with E-state index in [1.54, 1.807) is 5.57 Å². The summed E-state index contributed by atoms with van der Waals surface area (Å²) in [6.45, 7) is 13.1. The highest BCUT2D eigenvalue weighted by molar-refractivity contribution is 6.10. The van der Waals surface area contributed by atoms with Crippen molar-refractivity contribution in [3.63, 3.8) is 0 Å². The molecule has 1 unspecified atom stereocenters. The molecule has 0 amide bonds. The molecule has 5 aromatic carbocycles. The van der Waals surface area contributed by atoms with Gasteiger partial charge in [-0.25, -0.2) is 0 Å². The second-order valence-corrected chi connectivity index (χ2v) is 16.2. The molecule has 0 radical (unpaired) electrons. The predicted molar refractivity (Wildman–Crippen MR) is 242 cm³/mol. The third kappa shape index (κ3) is 6.78. The topological polar surface area (TPSA) is 9.86 Å². The molecule has 10 rings (SSSR count). The molecule has 3 aliphatic carbocycles. The normalized spacial score (nSPS) is 15.5. The van der Waals surface area contributed by atoms with Gasteiger partial charge in [0.1, 0.15) is 0 Å². The average Bonchev–Trinajstić information content (AvgIpc) is 3.60. The third-order valence-corrected chi connectivity index (χ3v) is 11.9. The molecule has 3 aliphatic rings. The molecule has 7 aromatic rings. The summed E-state index contributed by atoms with van der Waals surface area (Å²) in [6.07, 6.45) is 15.1. The molecular formula is C54H58N2. The summed E-state index contributed by atoms with van der Waals surface area (Å²) in [5.74, 6) is 0.509. The van der Waals surface area contributed by atoms with Gasteiger partial charge in [-0.2, -0.15) is 0 Å². The molecular weight excluding hydrogens is 677 g/mol. The van der Waals surface area contributed by atoms with Crippen molar-refractivity contribution in [2.24, 2.45) is 0 Å². The zero-order chi connectivity index (χ0) is 38.8. The minimum atomic E-state index is 0.509. The van der Waals surface area contributed by atoms with Crippen molar-refractivity contribution in [2.45, 2.75) is 105 Å². The zero-order valence-corrected chi connectivity index (χ0v) is 34.5. The van der Waals surface area contributed by atoms with Crippen molar-refractivity contribution in [2.75, 3.05) is 0 Å². The highest BCUT2D eigenvalue weighted by Gasteiger charge is 2.30. The average molecular weight is 735 g/mol. The molecule has 0 bridgehead atoms. The van der Waals surface area contributed by atoms with E-state index >= 15 is 0 Å². The van der Waals surface area contributed by atoms with Crippen LogP contribution in [0, 0.1) is 13.8 Å². The van der Waals surface area contributed by atoms with Crippen LogP contribution >= 0.6 is 0 Å². The zero-order valence-electron chi connectivity index (χ0n) is 34.5. The first-order chi connectivity index (χ1) is 27.5. The van der Waals surface area contributed by atoms with Gasteiger partial charge < -0.3 is 9.13 Å². The van der Waals surface area contributed by atoms with E-state index in [9.17, 15) is 0 Å². The SMILES string of the molecule is CCC.CCC.Cc1cccc(C)c1-n1c2c(c3c1CCC(n1c4ccccc4c4ccccc41)=CC3)C=C(CC1Cc3ccccc3-c3ccccc31)CC2. The van der Waals surface area contributed by atoms with Crippen LogP contribution in [0.1, 0.15) is 110 Å². The van der Waals surface area contributed by atoms with Gasteiger partial charge in [-0.05, 0) is 121 Å². The lowest BCUT2D eigenvalue weighted by atomic mass is 9.75. The fraction of sp³-hybridized carbons (Fsp3) is 0.296. The van der Waals surface area contributed by atoms with Crippen molar-refractivity contribution in [3.05, 3.63) is 172 Å². The summed E-state index contributed by atoms with van der Waals surface area (Å²) >= 11 is 0. The number of fused-ring (bicyclic) bond motifs is 9. The standard InChI is InChI=1S/C48H42N2.2C3H8/c1-31-12-11-13-32(2)48(31)50-46-27-24-36(49-44-20-9-7-18-40(44)41-19-8-10-21-45(41)49)23-25-42(46)43-29-33(22-26-47(43)50)28-35-30-34-14-3-4-15-37(34)39-17-6-5-16-38(35)39;2*1-3-2/h3-21,23,29,35H,22,24-28,30H2,1-2H3;2*3H2,1-2H3. The van der Waals surface area contributed by atoms with Crippen molar-refractivity contribution in [1.82, 2.24) is 9.13 Å². The quantitative estimate of drug-likeness (QED) is 0.170. The fourth-order valence-corrected chi connectivity index (χ4v) is 9.74. The van der Waals surface area contributed by atoms with Crippen LogP contribution < -0.4 is 0 Å². The molecule has 284 valence electrons. The Bertz CT molecular complexity index is 2510. The summed E-state index contributed by atoms with van der Waals surface area (Å²) in [7, 11) is 0. The third-order valence-electron chi connectivity index (χ3n) is 11.9. The van der Waals surface area contributed by atoms with Crippen LogP contribution in [0.4, 0.5) is 0 Å². The maximum absolute atomic E-state index is 2.71. The lowest BCUT2D eigenvalue weighted by molar-refractivity contribution is 0.646. The lowest BCUT2D eigenvalue weighted by Crippen LogP contribution is -2.14. The Balaban J connectivity index is 0.000000694. The van der Waals surface area contributed by atoms with E-state index in [0.29, 0.717) is 5.92 Å². The summed E-state index contributed by atoms with van der Waals surface area (Å²) in [5.41, 5.74) is 21.6. The van der Waals surface area contributed by atoms with Crippen LogP contribution in [0.25, 0.3) is 50.4 Å². The molecule has 0 N–H and O–H groups in total. The minimum Gasteiger partial charge on any atom is -0.316 e. The molecule has 2 aromatic heterocycles. The highest BCUT2D eigenvalue weighted by atomic mass is 15.0. The lowest BCUT2D eigenvalue weighted by Gasteiger charge is -2.29. The van der Waals surface area contributed by atoms with Crippen LogP contribution in [0.5, 0.6) is 0 Å². The molecule has 0 aliphatic heterocycles. The number of aromatic nitrogens is 2. The van der Waals surface area contributed by atoms with E-state index < -0.39 is 0 Å². The van der Waals surface area contributed by atoms with E-state index in [1.165, 1.54) is 102 Å². The van der Waals surface area contributed by atoms with Crippen molar-refractivity contribution >= 4 is 33.6 Å². The summed E-state index contributed by atoms with van der Waals surface area (Å²) in [5, 5.41) is 2.67. The van der Waals surface area contributed by atoms with Gasteiger partial charge in [0, 0.05) is 27.9 Å². The van der Waals surface area contributed by atoms with Gasteiger partial charge in [-0.3, -0.25) is 0 Å². The molecule has 2 nitrogen and oxygen atoms in total. The Kier molecular flexibility index (Phi) is 11.0. The number of allylic oxidation sites excluding steroid dienone is 3. The molecule has 0 saturated heterocycles. The van der Waals surface area contributed by atoms with Gasteiger partial charge in [-0.15, -0.1) is 0 Å². The maximum Gasteiger partial charge on any atom is 0.0537 e. The van der Waals surface area contributed by atoms with E-state index in [4.69, 9.17) is 0 Å². The number of aryl methyl sites for hydroxylation is 2. The molecule has 0 saturated carbocycles. The largest absolute Gasteiger partial charge is 0.316 e. The van der Waals surface area contributed by atoms with Crippen LogP contribution in [0.15, 0.2) is 127 Å². The van der Waals surface area contributed by atoms with Gasteiger partial charge in [0.05, 0.1) is 16.7 Å². The first kappa shape index (κ1) is 37.6. The van der Waals surface area contributed by atoms with Crippen LogP contribution in [-0.4, -0.2) is 9.13 Å². The Morgan fingerprint density at radius 1 is 0.571 bits per heavy atom. The van der Waals surface area contributed by atoms with Crippen LogP contribution in [0.2, 0.25) is 0 Å². The smallest absolute Gasteiger partial charge is 0.0537 e. The summed E-state index contributed by atoms with van der Waals surface area (Å²) < 4.78 is 5.25. The van der Waals surface area contributed by atoms with Crippen molar-refractivity contribution < 1.29 is 0 Å². The van der Waals surface area contributed by atoms with E-state index in [2.05, 4.69) is 178 Å². The number of benzene rings is 5. The molecule has 56 heavy (non-hydrogen) atoms. The number of hydrogen-bond acceptors (Lipinski definition) is 0. The van der Waals surface area contributed by atoms with Crippen LogP contribution in [-0.2, 0) is 25.7 Å². The highest BCUT2D eigenvalue weighted by Crippen LogP contribution is 2.45. The first-order valence-corrected chi connectivity index (χ1v) is 21.3. The van der Waals surface area contributed by atoms with Gasteiger partial charge in [-0.1, -0.05) is 161 Å². The second-order valence-electron chi connectivity index (χ2n) is 16.2. The number of rotatable bonds is 4. The molecule has 1 atom stereocenters. The van der Waals surface area contributed by atoms with Gasteiger partial charge in [0.25, 0.3) is 0 Å². The van der Waals surface area contributed by atoms with Crippen molar-refractivity contribution in [1.29, 1.82) is 0 Å². The Morgan fingerprint density at radius 2 is 1.16 bits per heavy atom. The number of nitrogens with zero attached hydrogens (tertiary/aromatic N) is 2. The van der Waals surface area contributed by atoms with Gasteiger partial charge in [0.2, 0.25) is 0 Å². The molecule has 2 heteroatoms. The Hall–Kier alpha value is -5.34. The maximum atomic E-state index is 2.71. The first-order valence-electron chi connectivity index (χ1n) is 21.3. The van der Waals surface area contributed by atoms with Crippen LogP contribution in [0.3, 0.4) is 0 Å². The van der Waals surface area contributed by atoms with Gasteiger partial charge >= 0.3 is 0 Å². The number of hydrogen-bond donors (Lipinski definition) is 0. The predicted octanol–water partition coefficient (Wildman–Crippen LogP) is 14.8. The Labute approximate surface area is 335 Å². The van der Waals surface area contributed by atoms with Gasteiger partial charge in [0.15, 0.2) is 0 Å². The Morgan fingerprint density at radius 3 is 1.86 bits per heavy atom. The number of para-hydroxylation sites is 3. The van der Waals surface area contributed by atoms with Crippen molar-refractivity contribution in [3.8, 4) is 16.8 Å². The molecule has 2 heterocycles. The molecule has 0 fully saturated rings. The fourth-order valence-electron chi connectivity index (χ4n) is 9.74. The van der Waals surface area contributed by atoms with E-state index in [-0.39, 0.29) is 0 Å². The molecule has 0 spiro atoms. The monoisotopic (exact) mass is 734 g/mol. The second kappa shape index (κ2) is 16.4. The van der Waals surface area contributed by atoms with E-state index in [1.807, 2.05) is 0 Å². The summed E-state index contributed by atoms with van der Waals surface area (Å²) in [6, 6.07) is 42.9. The summed E-state index contributed by atoms with van der Waals surface area (Å²) in [4.78, 5) is 0.